The van der Waals surface area contributed by atoms with Gasteiger partial charge in [0, 0.05) is 13.1 Å². The SMILES string of the molecule is COC(=O)CN(Cc1ccccc1)Cc1cccc2ccccc12. The quantitative estimate of drug-likeness (QED) is 0.643. The van der Waals surface area contributed by atoms with E-state index in [1.165, 1.54) is 29.0 Å². The van der Waals surface area contributed by atoms with Crippen LogP contribution in [-0.4, -0.2) is 24.5 Å². The van der Waals surface area contributed by atoms with Gasteiger partial charge in [-0.2, -0.15) is 0 Å². The van der Waals surface area contributed by atoms with Crippen LogP contribution >= 0.6 is 0 Å². The number of benzene rings is 3. The summed E-state index contributed by atoms with van der Waals surface area (Å²) in [5, 5.41) is 2.44. The van der Waals surface area contributed by atoms with Crippen LogP contribution in [0.5, 0.6) is 0 Å². The van der Waals surface area contributed by atoms with Gasteiger partial charge in [-0.25, -0.2) is 0 Å². The predicted molar refractivity (Wildman–Crippen MR) is 96.5 cm³/mol. The molecule has 0 unspecified atom stereocenters. The van der Waals surface area contributed by atoms with E-state index in [1.807, 2.05) is 30.3 Å². The van der Waals surface area contributed by atoms with Gasteiger partial charge in [0.25, 0.3) is 0 Å². The molecule has 0 aromatic heterocycles. The molecule has 3 heteroatoms. The number of carbonyl (C=O) groups is 1. The fourth-order valence-electron chi connectivity index (χ4n) is 2.93. The van der Waals surface area contributed by atoms with Gasteiger partial charge >= 0.3 is 5.97 Å². The van der Waals surface area contributed by atoms with Crippen molar-refractivity contribution in [2.75, 3.05) is 13.7 Å². The highest BCUT2D eigenvalue weighted by Gasteiger charge is 2.13. The van der Waals surface area contributed by atoms with E-state index in [-0.39, 0.29) is 12.5 Å². The van der Waals surface area contributed by atoms with E-state index >= 15 is 0 Å². The topological polar surface area (TPSA) is 29.5 Å². The molecule has 0 saturated heterocycles. The predicted octanol–water partition coefficient (Wildman–Crippen LogP) is 4.02. The molecule has 0 N–H and O–H groups in total. The van der Waals surface area contributed by atoms with Crippen molar-refractivity contribution < 1.29 is 9.53 Å². The lowest BCUT2D eigenvalue weighted by Crippen LogP contribution is -2.29. The molecule has 0 amide bonds. The van der Waals surface area contributed by atoms with Crippen molar-refractivity contribution in [1.29, 1.82) is 0 Å². The zero-order valence-electron chi connectivity index (χ0n) is 13.8. The number of hydrogen-bond donors (Lipinski definition) is 0. The Morgan fingerprint density at radius 3 is 2.38 bits per heavy atom. The summed E-state index contributed by atoms with van der Waals surface area (Å²) in [5.41, 5.74) is 2.40. The van der Waals surface area contributed by atoms with Crippen molar-refractivity contribution in [3.63, 3.8) is 0 Å². The van der Waals surface area contributed by atoms with E-state index in [0.29, 0.717) is 13.1 Å². The van der Waals surface area contributed by atoms with Crippen LogP contribution in [0.4, 0.5) is 0 Å². The maximum atomic E-state index is 11.8. The van der Waals surface area contributed by atoms with Crippen molar-refractivity contribution in [2.45, 2.75) is 13.1 Å². The Morgan fingerprint density at radius 2 is 1.58 bits per heavy atom. The summed E-state index contributed by atoms with van der Waals surface area (Å²) < 4.78 is 4.86. The molecular weight excluding hydrogens is 298 g/mol. The molecule has 0 aliphatic rings. The molecule has 0 bridgehead atoms. The maximum Gasteiger partial charge on any atom is 0.319 e. The van der Waals surface area contributed by atoms with Gasteiger partial charge in [0.05, 0.1) is 13.7 Å². The van der Waals surface area contributed by atoms with E-state index in [2.05, 4.69) is 47.4 Å². The summed E-state index contributed by atoms with van der Waals surface area (Å²) in [6.45, 7) is 1.68. The van der Waals surface area contributed by atoms with Crippen molar-refractivity contribution in [2.24, 2.45) is 0 Å². The van der Waals surface area contributed by atoms with Crippen LogP contribution in [0.15, 0.2) is 72.8 Å². The fourth-order valence-corrected chi connectivity index (χ4v) is 2.93. The van der Waals surface area contributed by atoms with Crippen LogP contribution in [0.25, 0.3) is 10.8 Å². The van der Waals surface area contributed by atoms with Crippen molar-refractivity contribution >= 4 is 16.7 Å². The number of esters is 1. The van der Waals surface area contributed by atoms with Gasteiger partial charge in [0.2, 0.25) is 0 Å². The average Bonchev–Trinajstić information content (AvgIpc) is 2.62. The van der Waals surface area contributed by atoms with Gasteiger partial charge < -0.3 is 4.74 Å². The third-order valence-corrected chi connectivity index (χ3v) is 4.10. The third-order valence-electron chi connectivity index (χ3n) is 4.10. The standard InChI is InChI=1S/C21H21NO2/c1-24-21(23)16-22(14-17-8-3-2-4-9-17)15-19-12-7-11-18-10-5-6-13-20(18)19/h2-13H,14-16H2,1H3. The molecule has 0 aliphatic heterocycles. The number of nitrogens with zero attached hydrogens (tertiary/aromatic N) is 1. The lowest BCUT2D eigenvalue weighted by Gasteiger charge is -2.22. The van der Waals surface area contributed by atoms with Crippen LogP contribution in [0.3, 0.4) is 0 Å². The second kappa shape index (κ2) is 7.75. The van der Waals surface area contributed by atoms with Gasteiger partial charge in [-0.1, -0.05) is 72.8 Å². The van der Waals surface area contributed by atoms with Crippen LogP contribution in [0.1, 0.15) is 11.1 Å². The molecule has 122 valence electrons. The summed E-state index contributed by atoms with van der Waals surface area (Å²) in [6, 6.07) is 24.8. The van der Waals surface area contributed by atoms with Gasteiger partial charge in [-0.05, 0) is 21.9 Å². The minimum atomic E-state index is -0.217. The van der Waals surface area contributed by atoms with E-state index in [4.69, 9.17) is 4.74 Å². The monoisotopic (exact) mass is 319 g/mol. The van der Waals surface area contributed by atoms with E-state index < -0.39 is 0 Å². The highest BCUT2D eigenvalue weighted by atomic mass is 16.5. The molecule has 0 spiro atoms. The third kappa shape index (κ3) is 4.00. The molecule has 0 fully saturated rings. The molecule has 0 saturated carbocycles. The normalized spacial score (nSPS) is 10.9. The van der Waals surface area contributed by atoms with Gasteiger partial charge in [-0.3, -0.25) is 9.69 Å². The fraction of sp³-hybridized carbons (Fsp3) is 0.190. The van der Waals surface area contributed by atoms with Crippen molar-refractivity contribution in [1.82, 2.24) is 4.90 Å². The summed E-state index contributed by atoms with van der Waals surface area (Å²) in [5.74, 6) is -0.217. The second-order valence-electron chi connectivity index (χ2n) is 5.85. The first-order valence-electron chi connectivity index (χ1n) is 8.06. The van der Waals surface area contributed by atoms with E-state index in [0.717, 1.165) is 0 Å². The smallest absolute Gasteiger partial charge is 0.319 e. The molecule has 3 nitrogen and oxygen atoms in total. The van der Waals surface area contributed by atoms with Crippen molar-refractivity contribution in [3.05, 3.63) is 83.9 Å². The Labute approximate surface area is 142 Å². The van der Waals surface area contributed by atoms with Crippen LogP contribution in [0, 0.1) is 0 Å². The summed E-state index contributed by atoms with van der Waals surface area (Å²) in [6.07, 6.45) is 0. The Hall–Kier alpha value is -2.65. The zero-order chi connectivity index (χ0) is 16.8. The van der Waals surface area contributed by atoms with Crippen molar-refractivity contribution in [3.8, 4) is 0 Å². The number of hydrogen-bond acceptors (Lipinski definition) is 3. The van der Waals surface area contributed by atoms with E-state index in [1.54, 1.807) is 0 Å². The molecule has 24 heavy (non-hydrogen) atoms. The summed E-state index contributed by atoms with van der Waals surface area (Å²) in [4.78, 5) is 13.9. The zero-order valence-corrected chi connectivity index (χ0v) is 13.8. The number of rotatable bonds is 6. The van der Waals surface area contributed by atoms with Crippen LogP contribution < -0.4 is 0 Å². The Kier molecular flexibility index (Phi) is 5.24. The maximum absolute atomic E-state index is 11.8. The number of fused-ring (bicyclic) bond motifs is 1. The largest absolute Gasteiger partial charge is 0.468 e. The van der Waals surface area contributed by atoms with Gasteiger partial charge in [-0.15, -0.1) is 0 Å². The minimum absolute atomic E-state index is 0.217. The van der Waals surface area contributed by atoms with Crippen LogP contribution in [0.2, 0.25) is 0 Å². The molecule has 3 rings (SSSR count). The lowest BCUT2D eigenvalue weighted by atomic mass is 10.0. The van der Waals surface area contributed by atoms with Gasteiger partial charge in [0.1, 0.15) is 0 Å². The number of ether oxygens (including phenoxy) is 1. The molecule has 0 aliphatic carbocycles. The first-order valence-corrected chi connectivity index (χ1v) is 8.06. The number of carbonyl (C=O) groups excluding carboxylic acids is 1. The Balaban J connectivity index is 1.86. The van der Waals surface area contributed by atoms with Crippen LogP contribution in [-0.2, 0) is 22.6 Å². The summed E-state index contributed by atoms with van der Waals surface area (Å²) in [7, 11) is 1.43. The molecule has 3 aromatic rings. The number of methoxy groups -OCH3 is 1. The van der Waals surface area contributed by atoms with E-state index in [9.17, 15) is 4.79 Å². The second-order valence-corrected chi connectivity index (χ2v) is 5.85. The highest BCUT2D eigenvalue weighted by molar-refractivity contribution is 5.85. The molecule has 0 heterocycles. The molecular formula is C21H21NO2. The lowest BCUT2D eigenvalue weighted by molar-refractivity contribution is -0.142. The van der Waals surface area contributed by atoms with Gasteiger partial charge in [0.15, 0.2) is 0 Å². The average molecular weight is 319 g/mol. The molecule has 0 atom stereocenters. The molecule has 3 aromatic carbocycles. The first-order chi connectivity index (χ1) is 11.8. The first kappa shape index (κ1) is 16.2. The highest BCUT2D eigenvalue weighted by Crippen LogP contribution is 2.20. The Morgan fingerprint density at radius 1 is 0.875 bits per heavy atom. The molecule has 0 radical (unpaired) electrons. The Bertz CT molecular complexity index is 809. The summed E-state index contributed by atoms with van der Waals surface area (Å²) >= 11 is 0. The minimum Gasteiger partial charge on any atom is -0.468 e.